The predicted octanol–water partition coefficient (Wildman–Crippen LogP) is 4.88. The van der Waals surface area contributed by atoms with E-state index in [0.717, 1.165) is 11.1 Å². The summed E-state index contributed by atoms with van der Waals surface area (Å²) in [5.74, 6) is 0.573. The molecule has 2 aromatic rings. The van der Waals surface area contributed by atoms with E-state index in [0.29, 0.717) is 34.3 Å². The van der Waals surface area contributed by atoms with Crippen LogP contribution in [0.3, 0.4) is 0 Å². The highest BCUT2D eigenvalue weighted by atomic mass is 35.5. The van der Waals surface area contributed by atoms with Gasteiger partial charge in [-0.15, -0.1) is 0 Å². The number of rotatable bonds is 5. The molecule has 5 heteroatoms. The van der Waals surface area contributed by atoms with E-state index in [2.05, 4.69) is 5.32 Å². The number of nitrogens with one attached hydrogen (secondary N) is 1. The Kier molecular flexibility index (Phi) is 5.69. The first-order valence-electron chi connectivity index (χ1n) is 6.88. The Morgan fingerprint density at radius 1 is 1.14 bits per heavy atom. The van der Waals surface area contributed by atoms with Gasteiger partial charge in [-0.3, -0.25) is 4.79 Å². The van der Waals surface area contributed by atoms with Crippen molar-refractivity contribution >= 4 is 34.8 Å². The van der Waals surface area contributed by atoms with Gasteiger partial charge in [-0.05, 0) is 48.7 Å². The molecule has 0 unspecified atom stereocenters. The van der Waals surface area contributed by atoms with E-state index in [4.69, 9.17) is 27.9 Å². The highest BCUT2D eigenvalue weighted by molar-refractivity contribution is 6.42. The van der Waals surface area contributed by atoms with Crippen LogP contribution in [0, 0.1) is 6.92 Å². The summed E-state index contributed by atoms with van der Waals surface area (Å²) in [6, 6.07) is 11.0. The third kappa shape index (κ3) is 4.39. The van der Waals surface area contributed by atoms with Gasteiger partial charge in [0.25, 0.3) is 0 Å². The third-order valence-electron chi connectivity index (χ3n) is 3.25. The first-order valence-corrected chi connectivity index (χ1v) is 7.63. The number of carbonyl (C=O) groups is 1. The van der Waals surface area contributed by atoms with Gasteiger partial charge in [-0.2, -0.15) is 0 Å². The fraction of sp³-hybridized carbons (Fsp3) is 0.235. The Balaban J connectivity index is 1.98. The SMILES string of the molecule is COc1ccc(C)cc1NC(=O)CCc1ccc(Cl)c(Cl)c1. The molecule has 2 aromatic carbocycles. The molecular weight excluding hydrogens is 321 g/mol. The van der Waals surface area contributed by atoms with E-state index < -0.39 is 0 Å². The summed E-state index contributed by atoms with van der Waals surface area (Å²) in [6.07, 6.45) is 0.950. The zero-order chi connectivity index (χ0) is 16.1. The smallest absolute Gasteiger partial charge is 0.224 e. The number of anilines is 1. The normalized spacial score (nSPS) is 10.4. The Morgan fingerprint density at radius 2 is 1.91 bits per heavy atom. The number of hydrogen-bond acceptors (Lipinski definition) is 2. The maximum absolute atomic E-state index is 12.1. The minimum absolute atomic E-state index is 0.0741. The number of benzene rings is 2. The van der Waals surface area contributed by atoms with Gasteiger partial charge in [-0.1, -0.05) is 35.3 Å². The van der Waals surface area contributed by atoms with Crippen LogP contribution in [0.2, 0.25) is 10.0 Å². The molecule has 1 N–H and O–H groups in total. The summed E-state index contributed by atoms with van der Waals surface area (Å²) in [4.78, 5) is 12.1. The second-order valence-electron chi connectivity index (χ2n) is 5.00. The summed E-state index contributed by atoms with van der Waals surface area (Å²) < 4.78 is 5.25. The van der Waals surface area contributed by atoms with Crippen molar-refractivity contribution in [3.63, 3.8) is 0 Å². The van der Waals surface area contributed by atoms with Gasteiger partial charge in [0.15, 0.2) is 0 Å². The minimum atomic E-state index is -0.0741. The predicted molar refractivity (Wildman–Crippen MR) is 91.1 cm³/mol. The lowest BCUT2D eigenvalue weighted by atomic mass is 10.1. The van der Waals surface area contributed by atoms with Crippen molar-refractivity contribution in [2.24, 2.45) is 0 Å². The van der Waals surface area contributed by atoms with Gasteiger partial charge >= 0.3 is 0 Å². The monoisotopic (exact) mass is 337 g/mol. The molecule has 2 rings (SSSR count). The lowest BCUT2D eigenvalue weighted by Gasteiger charge is -2.11. The van der Waals surface area contributed by atoms with E-state index in [1.54, 1.807) is 19.2 Å². The van der Waals surface area contributed by atoms with Crippen molar-refractivity contribution in [2.45, 2.75) is 19.8 Å². The van der Waals surface area contributed by atoms with Crippen molar-refractivity contribution < 1.29 is 9.53 Å². The second-order valence-corrected chi connectivity index (χ2v) is 5.81. The molecule has 22 heavy (non-hydrogen) atoms. The molecule has 1 amide bonds. The third-order valence-corrected chi connectivity index (χ3v) is 3.99. The zero-order valence-electron chi connectivity index (χ0n) is 12.5. The number of hydrogen-bond donors (Lipinski definition) is 1. The molecule has 0 atom stereocenters. The van der Waals surface area contributed by atoms with Gasteiger partial charge in [0.05, 0.1) is 22.8 Å². The highest BCUT2D eigenvalue weighted by Gasteiger charge is 2.09. The number of methoxy groups -OCH3 is 1. The number of halogens is 2. The molecule has 3 nitrogen and oxygen atoms in total. The lowest BCUT2D eigenvalue weighted by molar-refractivity contribution is -0.116. The van der Waals surface area contributed by atoms with Crippen molar-refractivity contribution in [3.8, 4) is 5.75 Å². The number of carbonyl (C=O) groups excluding carboxylic acids is 1. The van der Waals surface area contributed by atoms with Crippen LogP contribution in [-0.2, 0) is 11.2 Å². The fourth-order valence-electron chi connectivity index (χ4n) is 2.09. The summed E-state index contributed by atoms with van der Waals surface area (Å²) in [7, 11) is 1.58. The van der Waals surface area contributed by atoms with Crippen LogP contribution < -0.4 is 10.1 Å². The van der Waals surface area contributed by atoms with Gasteiger partial charge in [0.2, 0.25) is 5.91 Å². The second kappa shape index (κ2) is 7.52. The van der Waals surface area contributed by atoms with E-state index in [-0.39, 0.29) is 5.91 Å². The summed E-state index contributed by atoms with van der Waals surface area (Å²) in [5.41, 5.74) is 2.71. The molecule has 0 radical (unpaired) electrons. The topological polar surface area (TPSA) is 38.3 Å². The molecule has 0 aliphatic carbocycles. The molecule has 0 bridgehead atoms. The summed E-state index contributed by atoms with van der Waals surface area (Å²) in [5, 5.41) is 3.89. The average molecular weight is 338 g/mol. The van der Waals surface area contributed by atoms with Crippen molar-refractivity contribution in [1.82, 2.24) is 0 Å². The standard InChI is InChI=1S/C17H17Cl2NO2/c1-11-3-7-16(22-2)15(9-11)20-17(21)8-5-12-4-6-13(18)14(19)10-12/h3-4,6-7,9-10H,5,8H2,1-2H3,(H,20,21). The molecular formula is C17H17Cl2NO2. The molecule has 0 fully saturated rings. The molecule has 0 heterocycles. The van der Waals surface area contributed by atoms with Crippen LogP contribution in [0.5, 0.6) is 5.75 Å². The van der Waals surface area contributed by atoms with E-state index in [1.165, 1.54) is 0 Å². The number of ether oxygens (including phenoxy) is 1. The maximum atomic E-state index is 12.1. The van der Waals surface area contributed by atoms with Crippen LogP contribution in [0.25, 0.3) is 0 Å². The van der Waals surface area contributed by atoms with Crippen LogP contribution in [0.15, 0.2) is 36.4 Å². The Labute approximate surface area is 140 Å². The van der Waals surface area contributed by atoms with E-state index >= 15 is 0 Å². The first kappa shape index (κ1) is 16.7. The first-order chi connectivity index (χ1) is 10.5. The fourth-order valence-corrected chi connectivity index (χ4v) is 2.41. The Morgan fingerprint density at radius 3 is 2.59 bits per heavy atom. The summed E-state index contributed by atoms with van der Waals surface area (Å²) >= 11 is 11.8. The van der Waals surface area contributed by atoms with Gasteiger partial charge in [-0.25, -0.2) is 0 Å². The quantitative estimate of drug-likeness (QED) is 0.844. The molecule has 0 aliphatic rings. The Bertz CT molecular complexity index is 686. The molecule has 0 aromatic heterocycles. The average Bonchev–Trinajstić information content (AvgIpc) is 2.49. The van der Waals surface area contributed by atoms with Crippen LogP contribution in [0.4, 0.5) is 5.69 Å². The minimum Gasteiger partial charge on any atom is -0.495 e. The van der Waals surface area contributed by atoms with E-state index in [9.17, 15) is 4.79 Å². The zero-order valence-corrected chi connectivity index (χ0v) is 14.0. The van der Waals surface area contributed by atoms with Crippen molar-refractivity contribution in [3.05, 3.63) is 57.6 Å². The van der Waals surface area contributed by atoms with Gasteiger partial charge < -0.3 is 10.1 Å². The van der Waals surface area contributed by atoms with Crippen LogP contribution >= 0.6 is 23.2 Å². The van der Waals surface area contributed by atoms with Crippen LogP contribution in [-0.4, -0.2) is 13.0 Å². The molecule has 0 aliphatic heterocycles. The lowest BCUT2D eigenvalue weighted by Crippen LogP contribution is -2.13. The van der Waals surface area contributed by atoms with E-state index in [1.807, 2.05) is 31.2 Å². The van der Waals surface area contributed by atoms with Crippen molar-refractivity contribution in [1.29, 1.82) is 0 Å². The molecule has 0 spiro atoms. The van der Waals surface area contributed by atoms with Crippen molar-refractivity contribution in [2.75, 3.05) is 12.4 Å². The molecule has 0 saturated heterocycles. The maximum Gasteiger partial charge on any atom is 0.224 e. The van der Waals surface area contributed by atoms with Gasteiger partial charge in [0.1, 0.15) is 5.75 Å². The number of amides is 1. The Hall–Kier alpha value is -1.71. The largest absolute Gasteiger partial charge is 0.495 e. The van der Waals surface area contributed by atoms with Crippen LogP contribution in [0.1, 0.15) is 17.5 Å². The number of aryl methyl sites for hydroxylation is 2. The van der Waals surface area contributed by atoms with Gasteiger partial charge in [0, 0.05) is 6.42 Å². The molecule has 0 saturated carbocycles. The summed E-state index contributed by atoms with van der Waals surface area (Å²) in [6.45, 7) is 1.96. The molecule has 116 valence electrons. The highest BCUT2D eigenvalue weighted by Crippen LogP contribution is 2.26.